The number of aromatic nitrogens is 1. The molecule has 0 atom stereocenters. The summed E-state index contributed by atoms with van der Waals surface area (Å²) >= 11 is 10.4. The first kappa shape index (κ1) is 12.3. The van der Waals surface area contributed by atoms with E-state index in [1.807, 2.05) is 25.2 Å². The van der Waals surface area contributed by atoms with Crippen molar-refractivity contribution in [1.82, 2.24) is 9.88 Å². The van der Waals surface area contributed by atoms with Gasteiger partial charge in [-0.2, -0.15) is 0 Å². The lowest BCUT2D eigenvalue weighted by Crippen LogP contribution is -2.15. The van der Waals surface area contributed by atoms with Gasteiger partial charge in [-0.1, -0.05) is 12.2 Å². The molecule has 0 aromatic carbocycles. The number of nitrogens with zero attached hydrogens (tertiary/aromatic N) is 2. The van der Waals surface area contributed by atoms with Crippen LogP contribution >= 0.6 is 46.7 Å². The molecule has 0 amide bonds. The minimum Gasteiger partial charge on any atom is -0.363 e. The molecule has 3 heterocycles. The highest BCUT2D eigenvalue weighted by Crippen LogP contribution is 2.38. The van der Waals surface area contributed by atoms with Gasteiger partial charge in [0, 0.05) is 36.4 Å². The summed E-state index contributed by atoms with van der Waals surface area (Å²) in [5, 5.41) is 6.82. The molecule has 0 saturated heterocycles. The summed E-state index contributed by atoms with van der Waals surface area (Å²) in [6, 6.07) is 2.16. The molecular weight excluding hydrogens is 300 g/mol. The predicted molar refractivity (Wildman–Crippen MR) is 87.1 cm³/mol. The third-order valence-corrected chi connectivity index (χ3v) is 6.26. The van der Waals surface area contributed by atoms with E-state index in [-0.39, 0.29) is 0 Å². The quantitative estimate of drug-likeness (QED) is 0.487. The van der Waals surface area contributed by atoms with E-state index in [0.717, 1.165) is 9.84 Å². The first-order chi connectivity index (χ1) is 8.66. The first-order valence-electron chi connectivity index (χ1n) is 5.29. The van der Waals surface area contributed by atoms with Crippen molar-refractivity contribution in [2.45, 2.75) is 4.21 Å². The summed E-state index contributed by atoms with van der Waals surface area (Å²) in [5.74, 6) is 0. The minimum absolute atomic E-state index is 0.867. The highest BCUT2D eigenvalue weighted by atomic mass is 32.2. The van der Waals surface area contributed by atoms with E-state index in [4.69, 9.17) is 12.2 Å². The summed E-state index contributed by atoms with van der Waals surface area (Å²) in [5.41, 5.74) is 1.07. The number of hydrogen-bond acceptors (Lipinski definition) is 5. The molecule has 0 aliphatic heterocycles. The predicted octanol–water partition coefficient (Wildman–Crippen LogP) is 4.45. The molecule has 18 heavy (non-hydrogen) atoms. The maximum Gasteiger partial charge on any atom is 0.141 e. The second-order valence-electron chi connectivity index (χ2n) is 4.00. The van der Waals surface area contributed by atoms with Gasteiger partial charge in [0.05, 0.1) is 14.4 Å². The maximum atomic E-state index is 5.34. The molecular formula is C12H10N2S4. The Morgan fingerprint density at radius 3 is 2.94 bits per heavy atom. The number of pyridine rings is 1. The summed E-state index contributed by atoms with van der Waals surface area (Å²) in [6.07, 6.45) is 1.96. The van der Waals surface area contributed by atoms with Crippen LogP contribution in [0.5, 0.6) is 0 Å². The number of thiophene rings is 2. The average molecular weight is 310 g/mol. The summed E-state index contributed by atoms with van der Waals surface area (Å²) in [7, 11) is 3.94. The third kappa shape index (κ3) is 2.03. The van der Waals surface area contributed by atoms with E-state index < -0.39 is 0 Å². The average Bonchev–Trinajstić information content (AvgIpc) is 2.94. The molecule has 3 rings (SSSR count). The molecule has 0 radical (unpaired) electrons. The molecule has 92 valence electrons. The standard InChI is InChI=1S/C12H10N2S4/c1-14(2)12(15)18-11-10-8(6-17-11)7-3-4-16-9(7)5-13-10/h3-6H,1-2H3. The van der Waals surface area contributed by atoms with Gasteiger partial charge >= 0.3 is 0 Å². The molecule has 0 saturated carbocycles. The molecule has 0 unspecified atom stereocenters. The summed E-state index contributed by atoms with van der Waals surface area (Å²) in [4.78, 5) is 6.53. The van der Waals surface area contributed by atoms with Gasteiger partial charge < -0.3 is 4.90 Å². The van der Waals surface area contributed by atoms with Crippen molar-refractivity contribution in [3.63, 3.8) is 0 Å². The largest absolute Gasteiger partial charge is 0.363 e. The second-order valence-corrected chi connectivity index (χ2v) is 7.73. The Morgan fingerprint density at radius 1 is 1.33 bits per heavy atom. The normalized spacial score (nSPS) is 11.2. The number of rotatable bonds is 1. The van der Waals surface area contributed by atoms with Crippen LogP contribution in [0.25, 0.3) is 21.0 Å². The number of thiocarbonyl (C=S) groups is 1. The van der Waals surface area contributed by atoms with Crippen LogP contribution in [-0.2, 0) is 0 Å². The Kier molecular flexibility index (Phi) is 3.27. The van der Waals surface area contributed by atoms with Crippen LogP contribution in [0.4, 0.5) is 0 Å². The molecule has 0 aliphatic rings. The van der Waals surface area contributed by atoms with Gasteiger partial charge in [-0.05, 0) is 23.2 Å². The molecule has 0 bridgehead atoms. The van der Waals surface area contributed by atoms with Crippen molar-refractivity contribution in [1.29, 1.82) is 0 Å². The molecule has 0 N–H and O–H groups in total. The molecule has 3 aromatic heterocycles. The monoisotopic (exact) mass is 310 g/mol. The highest BCUT2D eigenvalue weighted by molar-refractivity contribution is 8.24. The Hall–Kier alpha value is -0.690. The van der Waals surface area contributed by atoms with Gasteiger partial charge in [0.25, 0.3) is 0 Å². The van der Waals surface area contributed by atoms with Crippen LogP contribution in [0.15, 0.2) is 27.2 Å². The van der Waals surface area contributed by atoms with Crippen LogP contribution in [0.1, 0.15) is 0 Å². The molecule has 0 fully saturated rings. The fourth-order valence-corrected chi connectivity index (χ4v) is 4.75. The highest BCUT2D eigenvalue weighted by Gasteiger charge is 2.12. The molecule has 6 heteroatoms. The Labute approximate surface area is 123 Å². The lowest BCUT2D eigenvalue weighted by atomic mass is 10.2. The van der Waals surface area contributed by atoms with Gasteiger partial charge in [0.1, 0.15) is 4.32 Å². The van der Waals surface area contributed by atoms with E-state index in [0.29, 0.717) is 0 Å². The van der Waals surface area contributed by atoms with Gasteiger partial charge in [-0.3, -0.25) is 4.98 Å². The van der Waals surface area contributed by atoms with Gasteiger partial charge in [0.15, 0.2) is 0 Å². The Balaban J connectivity index is 2.11. The van der Waals surface area contributed by atoms with Crippen molar-refractivity contribution in [2.24, 2.45) is 0 Å². The summed E-state index contributed by atoms with van der Waals surface area (Å²) < 4.78 is 3.29. The van der Waals surface area contributed by atoms with E-state index in [1.165, 1.54) is 19.7 Å². The van der Waals surface area contributed by atoms with Crippen LogP contribution in [0, 0.1) is 0 Å². The SMILES string of the molecule is CN(C)C(=S)Sc1scc2c1ncc1sccc12. The molecule has 3 aromatic rings. The fourth-order valence-electron chi connectivity index (χ4n) is 1.66. The minimum atomic E-state index is 0.867. The van der Waals surface area contributed by atoms with E-state index in [1.54, 1.807) is 34.4 Å². The smallest absolute Gasteiger partial charge is 0.141 e. The van der Waals surface area contributed by atoms with Crippen LogP contribution in [-0.4, -0.2) is 28.3 Å². The van der Waals surface area contributed by atoms with Crippen molar-refractivity contribution in [3.8, 4) is 0 Å². The summed E-state index contributed by atoms with van der Waals surface area (Å²) in [6.45, 7) is 0. The van der Waals surface area contributed by atoms with Crippen molar-refractivity contribution in [2.75, 3.05) is 14.1 Å². The van der Waals surface area contributed by atoms with E-state index in [2.05, 4.69) is 21.8 Å². The third-order valence-electron chi connectivity index (χ3n) is 2.57. The first-order valence-corrected chi connectivity index (χ1v) is 8.28. The van der Waals surface area contributed by atoms with Crippen molar-refractivity contribution >= 4 is 72.0 Å². The molecule has 2 nitrogen and oxygen atoms in total. The van der Waals surface area contributed by atoms with Gasteiger partial charge in [0.2, 0.25) is 0 Å². The zero-order valence-electron chi connectivity index (χ0n) is 9.84. The van der Waals surface area contributed by atoms with Crippen molar-refractivity contribution < 1.29 is 0 Å². The van der Waals surface area contributed by atoms with Crippen LogP contribution in [0.2, 0.25) is 0 Å². The lowest BCUT2D eigenvalue weighted by Gasteiger charge is -2.11. The van der Waals surface area contributed by atoms with E-state index in [9.17, 15) is 0 Å². The second kappa shape index (κ2) is 4.77. The van der Waals surface area contributed by atoms with Crippen LogP contribution in [0.3, 0.4) is 0 Å². The van der Waals surface area contributed by atoms with Gasteiger partial charge in [-0.15, -0.1) is 22.7 Å². The molecule has 0 spiro atoms. The van der Waals surface area contributed by atoms with Crippen LogP contribution < -0.4 is 0 Å². The topological polar surface area (TPSA) is 16.1 Å². The Bertz CT molecular complexity index is 726. The number of fused-ring (bicyclic) bond motifs is 3. The van der Waals surface area contributed by atoms with Gasteiger partial charge in [-0.25, -0.2) is 0 Å². The van der Waals surface area contributed by atoms with Crippen molar-refractivity contribution in [3.05, 3.63) is 23.0 Å². The maximum absolute atomic E-state index is 5.34. The molecule has 0 aliphatic carbocycles. The zero-order valence-corrected chi connectivity index (χ0v) is 13.1. The zero-order chi connectivity index (χ0) is 12.7. The number of hydrogen-bond donors (Lipinski definition) is 0. The van der Waals surface area contributed by atoms with E-state index >= 15 is 0 Å². The lowest BCUT2D eigenvalue weighted by molar-refractivity contribution is 0.648. The Morgan fingerprint density at radius 2 is 2.17 bits per heavy atom. The number of thioether (sulfide) groups is 1. The fraction of sp³-hybridized carbons (Fsp3) is 0.167.